The van der Waals surface area contributed by atoms with Gasteiger partial charge in [0, 0.05) is 12.2 Å². The molecule has 0 saturated heterocycles. The number of carboxylic acids is 1. The van der Waals surface area contributed by atoms with Gasteiger partial charge in [0.15, 0.2) is 0 Å². The Labute approximate surface area is 93.9 Å². The molecule has 1 heterocycles. The van der Waals surface area contributed by atoms with E-state index in [1.165, 1.54) is 0 Å². The van der Waals surface area contributed by atoms with Crippen LogP contribution in [0.25, 0.3) is 0 Å². The van der Waals surface area contributed by atoms with Crippen molar-refractivity contribution in [3.8, 4) is 0 Å². The number of hydrogen-bond acceptors (Lipinski definition) is 4. The normalized spacial score (nSPS) is 16.8. The van der Waals surface area contributed by atoms with Crippen LogP contribution >= 0.6 is 0 Å². The third-order valence-corrected chi connectivity index (χ3v) is 2.69. The van der Waals surface area contributed by atoms with E-state index in [1.54, 1.807) is 12.3 Å². The molecule has 1 aliphatic rings. The Balaban J connectivity index is 2.02. The number of aliphatic carboxylic acids is 1. The molecule has 1 aliphatic carbocycles. The maximum absolute atomic E-state index is 10.7. The Kier molecular flexibility index (Phi) is 3.03. The largest absolute Gasteiger partial charge is 0.481 e. The van der Waals surface area contributed by atoms with Crippen molar-refractivity contribution in [2.45, 2.75) is 32.2 Å². The predicted octanol–water partition coefficient (Wildman–Crippen LogP) is 1.45. The molecule has 1 aromatic rings. The first-order chi connectivity index (χ1) is 7.65. The Morgan fingerprint density at radius 2 is 2.44 bits per heavy atom. The number of nitrogens with one attached hydrogen (secondary N) is 1. The summed E-state index contributed by atoms with van der Waals surface area (Å²) < 4.78 is 0. The lowest BCUT2D eigenvalue weighted by Crippen LogP contribution is -2.25. The summed E-state index contributed by atoms with van der Waals surface area (Å²) in [5.74, 6) is 1.11. The van der Waals surface area contributed by atoms with Crippen molar-refractivity contribution >= 4 is 11.8 Å². The molecule has 5 heteroatoms. The van der Waals surface area contributed by atoms with Crippen LogP contribution in [0.3, 0.4) is 0 Å². The Morgan fingerprint density at radius 1 is 1.69 bits per heavy atom. The van der Waals surface area contributed by atoms with Gasteiger partial charge in [0.05, 0.1) is 6.42 Å². The maximum atomic E-state index is 10.7. The first-order valence-corrected chi connectivity index (χ1v) is 5.43. The lowest BCUT2D eigenvalue weighted by Gasteiger charge is -2.16. The van der Waals surface area contributed by atoms with E-state index in [0.717, 1.165) is 12.8 Å². The number of anilines is 1. The number of aromatic nitrogens is 2. The SMILES string of the molecule is Cc1nccc(NC(CC(=O)O)C2CC2)n1. The second-order valence-corrected chi connectivity index (χ2v) is 4.18. The highest BCUT2D eigenvalue weighted by atomic mass is 16.4. The standard InChI is InChI=1S/C11H15N3O2/c1-7-12-5-4-10(13-7)14-9(6-11(15)16)8-2-3-8/h4-5,8-9H,2-3,6H2,1H3,(H,15,16)(H,12,13,14). The highest BCUT2D eigenvalue weighted by molar-refractivity contribution is 5.68. The number of hydrogen-bond donors (Lipinski definition) is 2. The van der Waals surface area contributed by atoms with Gasteiger partial charge in [0.2, 0.25) is 0 Å². The van der Waals surface area contributed by atoms with Gasteiger partial charge in [-0.05, 0) is 31.7 Å². The fraction of sp³-hybridized carbons (Fsp3) is 0.545. The van der Waals surface area contributed by atoms with Crippen molar-refractivity contribution in [2.24, 2.45) is 5.92 Å². The quantitative estimate of drug-likeness (QED) is 0.787. The number of carbonyl (C=O) groups is 1. The molecule has 1 atom stereocenters. The van der Waals surface area contributed by atoms with Crippen LogP contribution in [0.15, 0.2) is 12.3 Å². The van der Waals surface area contributed by atoms with Crippen molar-refractivity contribution in [2.75, 3.05) is 5.32 Å². The summed E-state index contributed by atoms with van der Waals surface area (Å²) in [7, 11) is 0. The number of carboxylic acid groups (broad SMARTS) is 1. The zero-order chi connectivity index (χ0) is 11.5. The van der Waals surface area contributed by atoms with E-state index in [9.17, 15) is 4.79 Å². The summed E-state index contributed by atoms with van der Waals surface area (Å²) in [5, 5.41) is 12.0. The topological polar surface area (TPSA) is 75.1 Å². The molecule has 1 unspecified atom stereocenters. The molecule has 0 radical (unpaired) electrons. The van der Waals surface area contributed by atoms with E-state index in [1.807, 2.05) is 6.92 Å². The molecular weight excluding hydrogens is 206 g/mol. The van der Waals surface area contributed by atoms with E-state index in [-0.39, 0.29) is 12.5 Å². The molecule has 0 amide bonds. The number of nitrogens with zero attached hydrogens (tertiary/aromatic N) is 2. The van der Waals surface area contributed by atoms with Gasteiger partial charge in [-0.2, -0.15) is 0 Å². The summed E-state index contributed by atoms with van der Waals surface area (Å²) in [4.78, 5) is 18.9. The molecule has 0 spiro atoms. The molecule has 86 valence electrons. The number of aryl methyl sites for hydroxylation is 1. The van der Waals surface area contributed by atoms with E-state index in [4.69, 9.17) is 5.11 Å². The third kappa shape index (κ3) is 2.92. The van der Waals surface area contributed by atoms with Gasteiger partial charge >= 0.3 is 5.97 Å². The Hall–Kier alpha value is -1.65. The second-order valence-electron chi connectivity index (χ2n) is 4.18. The fourth-order valence-corrected chi connectivity index (χ4v) is 1.75. The molecule has 1 fully saturated rings. The second kappa shape index (κ2) is 4.47. The molecule has 1 aromatic heterocycles. The Bertz CT molecular complexity index is 391. The van der Waals surface area contributed by atoms with Crippen LogP contribution in [0.5, 0.6) is 0 Å². The molecule has 1 saturated carbocycles. The van der Waals surface area contributed by atoms with Gasteiger partial charge in [-0.15, -0.1) is 0 Å². The van der Waals surface area contributed by atoms with E-state index >= 15 is 0 Å². The molecule has 0 aromatic carbocycles. The van der Waals surface area contributed by atoms with E-state index < -0.39 is 5.97 Å². The van der Waals surface area contributed by atoms with Crippen molar-refractivity contribution in [1.29, 1.82) is 0 Å². The van der Waals surface area contributed by atoms with Gasteiger partial charge < -0.3 is 10.4 Å². The van der Waals surface area contributed by atoms with Gasteiger partial charge in [0.25, 0.3) is 0 Å². The Morgan fingerprint density at radius 3 is 3.00 bits per heavy atom. The van der Waals surface area contributed by atoms with Gasteiger partial charge in [0.1, 0.15) is 11.6 Å². The van der Waals surface area contributed by atoms with Crippen LogP contribution in [0.1, 0.15) is 25.1 Å². The molecule has 0 bridgehead atoms. The van der Waals surface area contributed by atoms with Crippen LogP contribution in [0.4, 0.5) is 5.82 Å². The van der Waals surface area contributed by atoms with Crippen LogP contribution in [0, 0.1) is 12.8 Å². The van der Waals surface area contributed by atoms with Crippen LogP contribution in [-0.4, -0.2) is 27.1 Å². The zero-order valence-electron chi connectivity index (χ0n) is 9.18. The predicted molar refractivity (Wildman–Crippen MR) is 59.2 cm³/mol. The first kappa shape index (κ1) is 10.9. The average molecular weight is 221 g/mol. The van der Waals surface area contributed by atoms with Crippen LogP contribution in [-0.2, 0) is 4.79 Å². The summed E-state index contributed by atoms with van der Waals surface area (Å²) >= 11 is 0. The third-order valence-electron chi connectivity index (χ3n) is 2.69. The van der Waals surface area contributed by atoms with Gasteiger partial charge in [-0.3, -0.25) is 4.79 Å². The lowest BCUT2D eigenvalue weighted by molar-refractivity contribution is -0.137. The minimum absolute atomic E-state index is 0.00759. The van der Waals surface area contributed by atoms with Crippen molar-refractivity contribution in [3.05, 3.63) is 18.1 Å². The van der Waals surface area contributed by atoms with Crippen molar-refractivity contribution in [1.82, 2.24) is 9.97 Å². The minimum atomic E-state index is -0.768. The monoisotopic (exact) mass is 221 g/mol. The summed E-state index contributed by atoms with van der Waals surface area (Å²) in [6.07, 6.45) is 4.03. The number of rotatable bonds is 5. The van der Waals surface area contributed by atoms with Gasteiger partial charge in [-0.25, -0.2) is 9.97 Å². The van der Waals surface area contributed by atoms with Gasteiger partial charge in [-0.1, -0.05) is 0 Å². The molecule has 5 nitrogen and oxygen atoms in total. The zero-order valence-corrected chi connectivity index (χ0v) is 9.18. The smallest absolute Gasteiger partial charge is 0.305 e. The minimum Gasteiger partial charge on any atom is -0.481 e. The lowest BCUT2D eigenvalue weighted by atomic mass is 10.1. The summed E-state index contributed by atoms with van der Waals surface area (Å²) in [6.45, 7) is 1.81. The average Bonchev–Trinajstić information content (AvgIpc) is 2.99. The fourth-order valence-electron chi connectivity index (χ4n) is 1.75. The summed E-state index contributed by atoms with van der Waals surface area (Å²) in [5.41, 5.74) is 0. The van der Waals surface area contributed by atoms with Crippen LogP contribution < -0.4 is 5.32 Å². The summed E-state index contributed by atoms with van der Waals surface area (Å²) in [6, 6.07) is 1.76. The van der Waals surface area contributed by atoms with Crippen molar-refractivity contribution < 1.29 is 9.90 Å². The van der Waals surface area contributed by atoms with E-state index in [0.29, 0.717) is 17.6 Å². The van der Waals surface area contributed by atoms with Crippen molar-refractivity contribution in [3.63, 3.8) is 0 Å². The molecule has 0 aliphatic heterocycles. The van der Waals surface area contributed by atoms with E-state index in [2.05, 4.69) is 15.3 Å². The molecule has 2 N–H and O–H groups in total. The maximum Gasteiger partial charge on any atom is 0.305 e. The molecule has 16 heavy (non-hydrogen) atoms. The molecule has 2 rings (SSSR count). The first-order valence-electron chi connectivity index (χ1n) is 5.43. The van der Waals surface area contributed by atoms with Crippen LogP contribution in [0.2, 0.25) is 0 Å². The molecular formula is C11H15N3O2. The highest BCUT2D eigenvalue weighted by Crippen LogP contribution is 2.35. The highest BCUT2D eigenvalue weighted by Gasteiger charge is 2.32.